The summed E-state index contributed by atoms with van der Waals surface area (Å²) in [5, 5.41) is 0. The van der Waals surface area contributed by atoms with Gasteiger partial charge in [0.25, 0.3) is 0 Å². The molecular weight excluding hydrogens is 376 g/mol. The van der Waals surface area contributed by atoms with Crippen molar-refractivity contribution in [1.82, 2.24) is 14.9 Å². The van der Waals surface area contributed by atoms with Crippen molar-refractivity contribution in [1.29, 1.82) is 0 Å². The van der Waals surface area contributed by atoms with Crippen molar-refractivity contribution in [2.75, 3.05) is 24.5 Å². The molecule has 6 heteroatoms. The molecule has 30 heavy (non-hydrogen) atoms. The molecule has 1 saturated heterocycles. The van der Waals surface area contributed by atoms with Crippen LogP contribution in [0.2, 0.25) is 0 Å². The quantitative estimate of drug-likeness (QED) is 0.639. The Balaban J connectivity index is 1.85. The largest absolute Gasteiger partial charge is 0.444 e. The summed E-state index contributed by atoms with van der Waals surface area (Å²) in [5.41, 5.74) is 3.21. The van der Waals surface area contributed by atoms with E-state index in [9.17, 15) is 4.79 Å². The van der Waals surface area contributed by atoms with Gasteiger partial charge in [-0.25, -0.2) is 14.8 Å². The van der Waals surface area contributed by atoms with Crippen molar-refractivity contribution in [2.45, 2.75) is 85.3 Å². The number of unbranched alkanes of at least 4 members (excludes halogenated alkanes) is 1. The third kappa shape index (κ3) is 5.32. The molecule has 1 amide bonds. The van der Waals surface area contributed by atoms with Gasteiger partial charge in [-0.1, -0.05) is 26.3 Å². The van der Waals surface area contributed by atoms with E-state index in [-0.39, 0.29) is 12.1 Å². The van der Waals surface area contributed by atoms with Crippen LogP contribution in [0.3, 0.4) is 0 Å². The number of hydrogen-bond donors (Lipinski definition) is 0. The first-order chi connectivity index (χ1) is 14.2. The van der Waals surface area contributed by atoms with E-state index in [0.29, 0.717) is 12.5 Å². The minimum atomic E-state index is -0.479. The first kappa shape index (κ1) is 22.6. The van der Waals surface area contributed by atoms with Crippen molar-refractivity contribution in [3.63, 3.8) is 0 Å². The molecule has 3 rings (SSSR count). The Kier molecular flexibility index (Phi) is 7.04. The number of anilines is 1. The van der Waals surface area contributed by atoms with E-state index in [1.54, 1.807) is 6.33 Å². The maximum Gasteiger partial charge on any atom is 0.410 e. The fraction of sp³-hybridized carbons (Fsp3) is 0.708. The highest BCUT2D eigenvalue weighted by Gasteiger charge is 2.35. The Labute approximate surface area is 181 Å². The predicted molar refractivity (Wildman–Crippen MR) is 122 cm³/mol. The highest BCUT2D eigenvalue weighted by atomic mass is 16.6. The number of amides is 1. The van der Waals surface area contributed by atoms with E-state index < -0.39 is 5.60 Å². The minimum Gasteiger partial charge on any atom is -0.444 e. The summed E-state index contributed by atoms with van der Waals surface area (Å²) in [4.78, 5) is 26.2. The standard InChI is InChI=1S/C24H38N4O2/c1-7-9-10-20(18-11-12-18)21-17(3)25-16-26-22(21)27-13-14-28(19(8-2)15-27)23(29)30-24(4,5)6/h10,16,18-19H,7-9,11-15H2,1-6H3/b20-10-. The Bertz CT molecular complexity index is 780. The molecule has 1 atom stereocenters. The zero-order chi connectivity index (χ0) is 21.9. The van der Waals surface area contributed by atoms with Crippen LogP contribution in [-0.2, 0) is 4.74 Å². The Hall–Kier alpha value is -2.11. The highest BCUT2D eigenvalue weighted by Crippen LogP contribution is 2.45. The maximum atomic E-state index is 12.7. The first-order valence-corrected chi connectivity index (χ1v) is 11.5. The topological polar surface area (TPSA) is 58.6 Å². The van der Waals surface area contributed by atoms with Crippen molar-refractivity contribution in [3.05, 3.63) is 23.7 Å². The SMILES string of the molecule is CCC/C=C(\c1c(C)ncnc1N1CCN(C(=O)OC(C)(C)C)C(CC)C1)C1CC1. The van der Waals surface area contributed by atoms with Gasteiger partial charge in [0.05, 0.1) is 11.7 Å². The van der Waals surface area contributed by atoms with Gasteiger partial charge in [-0.05, 0) is 64.9 Å². The second-order valence-corrected chi connectivity index (χ2v) is 9.56. The fourth-order valence-electron chi connectivity index (χ4n) is 4.16. The molecule has 1 aliphatic carbocycles. The lowest BCUT2D eigenvalue weighted by molar-refractivity contribution is 0.0136. The van der Waals surface area contributed by atoms with Crippen LogP contribution in [0.1, 0.15) is 78.0 Å². The first-order valence-electron chi connectivity index (χ1n) is 11.5. The predicted octanol–water partition coefficient (Wildman–Crippen LogP) is 5.21. The van der Waals surface area contributed by atoms with Gasteiger partial charge in [0.1, 0.15) is 17.7 Å². The molecule has 0 aromatic carbocycles. The number of piperazine rings is 1. The van der Waals surface area contributed by atoms with E-state index in [4.69, 9.17) is 9.72 Å². The molecule has 166 valence electrons. The van der Waals surface area contributed by atoms with Crippen LogP contribution in [0.25, 0.3) is 5.57 Å². The number of allylic oxidation sites excluding steroid dienone is 2. The van der Waals surface area contributed by atoms with Gasteiger partial charge < -0.3 is 14.5 Å². The Morgan fingerprint density at radius 3 is 2.57 bits per heavy atom. The van der Waals surface area contributed by atoms with Crippen molar-refractivity contribution >= 4 is 17.5 Å². The number of hydrogen-bond acceptors (Lipinski definition) is 5. The fourth-order valence-corrected chi connectivity index (χ4v) is 4.16. The number of aromatic nitrogens is 2. The van der Waals surface area contributed by atoms with E-state index in [1.807, 2.05) is 25.7 Å². The molecule has 2 fully saturated rings. The number of carbonyl (C=O) groups excluding carboxylic acids is 1. The zero-order valence-electron chi connectivity index (χ0n) is 19.6. The third-order valence-electron chi connectivity index (χ3n) is 5.86. The average Bonchev–Trinajstić information content (AvgIpc) is 3.52. The summed E-state index contributed by atoms with van der Waals surface area (Å²) < 4.78 is 5.65. The van der Waals surface area contributed by atoms with Gasteiger partial charge in [-0.2, -0.15) is 0 Å². The van der Waals surface area contributed by atoms with Crippen LogP contribution >= 0.6 is 0 Å². The summed E-state index contributed by atoms with van der Waals surface area (Å²) in [7, 11) is 0. The molecule has 6 nitrogen and oxygen atoms in total. The number of carbonyl (C=O) groups is 1. The van der Waals surface area contributed by atoms with Gasteiger partial charge >= 0.3 is 6.09 Å². The van der Waals surface area contributed by atoms with Crippen LogP contribution in [0.5, 0.6) is 0 Å². The molecule has 0 radical (unpaired) electrons. The van der Waals surface area contributed by atoms with Crippen molar-refractivity contribution < 1.29 is 9.53 Å². The lowest BCUT2D eigenvalue weighted by Gasteiger charge is -2.42. The smallest absolute Gasteiger partial charge is 0.410 e. The molecule has 1 aliphatic heterocycles. The normalized spacial score (nSPS) is 20.5. The zero-order valence-corrected chi connectivity index (χ0v) is 19.6. The lowest BCUT2D eigenvalue weighted by Crippen LogP contribution is -2.56. The van der Waals surface area contributed by atoms with Gasteiger partial charge in [-0.3, -0.25) is 0 Å². The number of ether oxygens (including phenoxy) is 1. The van der Waals surface area contributed by atoms with Gasteiger partial charge in [0.2, 0.25) is 0 Å². The van der Waals surface area contributed by atoms with Crippen LogP contribution in [0.4, 0.5) is 10.6 Å². The van der Waals surface area contributed by atoms with Crippen LogP contribution in [0, 0.1) is 12.8 Å². The Morgan fingerprint density at radius 2 is 1.97 bits per heavy atom. The molecule has 1 unspecified atom stereocenters. The highest BCUT2D eigenvalue weighted by molar-refractivity contribution is 5.79. The molecule has 1 saturated carbocycles. The summed E-state index contributed by atoms with van der Waals surface area (Å²) in [5.74, 6) is 1.67. The summed E-state index contributed by atoms with van der Waals surface area (Å²) >= 11 is 0. The molecule has 0 bridgehead atoms. The van der Waals surface area contributed by atoms with Gasteiger partial charge in [-0.15, -0.1) is 0 Å². The third-order valence-corrected chi connectivity index (χ3v) is 5.86. The lowest BCUT2D eigenvalue weighted by atomic mass is 9.97. The summed E-state index contributed by atoms with van der Waals surface area (Å²) in [6, 6.07) is 0.112. The van der Waals surface area contributed by atoms with E-state index in [1.165, 1.54) is 24.0 Å². The average molecular weight is 415 g/mol. The number of nitrogens with zero attached hydrogens (tertiary/aromatic N) is 4. The molecule has 0 N–H and O–H groups in total. The molecule has 2 heterocycles. The number of aryl methyl sites for hydroxylation is 1. The second kappa shape index (κ2) is 9.36. The van der Waals surface area contributed by atoms with E-state index in [2.05, 4.69) is 36.7 Å². The second-order valence-electron chi connectivity index (χ2n) is 9.56. The monoisotopic (exact) mass is 414 g/mol. The maximum absolute atomic E-state index is 12.7. The Morgan fingerprint density at radius 1 is 1.23 bits per heavy atom. The molecule has 2 aliphatic rings. The molecule has 1 aromatic rings. The minimum absolute atomic E-state index is 0.112. The van der Waals surface area contributed by atoms with Crippen LogP contribution < -0.4 is 4.90 Å². The summed E-state index contributed by atoms with van der Waals surface area (Å²) in [6.07, 6.45) is 9.50. The van der Waals surface area contributed by atoms with Crippen LogP contribution in [-0.4, -0.2) is 52.2 Å². The molecule has 0 spiro atoms. The molecular formula is C24H38N4O2. The van der Waals surface area contributed by atoms with Crippen molar-refractivity contribution in [2.24, 2.45) is 5.92 Å². The summed E-state index contributed by atoms with van der Waals surface area (Å²) in [6.45, 7) is 14.4. The molecule has 1 aromatic heterocycles. The van der Waals surface area contributed by atoms with Gasteiger partial charge in [0, 0.05) is 25.2 Å². The van der Waals surface area contributed by atoms with Gasteiger partial charge in [0.15, 0.2) is 0 Å². The van der Waals surface area contributed by atoms with Crippen LogP contribution in [0.15, 0.2) is 12.4 Å². The van der Waals surface area contributed by atoms with E-state index >= 15 is 0 Å². The van der Waals surface area contributed by atoms with Crippen molar-refractivity contribution in [3.8, 4) is 0 Å². The number of rotatable bonds is 6. The van der Waals surface area contributed by atoms with E-state index in [0.717, 1.165) is 43.9 Å².